The van der Waals surface area contributed by atoms with Crippen LogP contribution in [0.5, 0.6) is 0 Å². The number of urea groups is 1. The molecule has 4 rings (SSSR count). The molecule has 0 atom stereocenters. The predicted molar refractivity (Wildman–Crippen MR) is 107 cm³/mol. The van der Waals surface area contributed by atoms with Crippen molar-refractivity contribution in [3.8, 4) is 0 Å². The zero-order chi connectivity index (χ0) is 17.9. The van der Waals surface area contributed by atoms with Crippen molar-refractivity contribution < 1.29 is 4.79 Å². The van der Waals surface area contributed by atoms with Gasteiger partial charge in [0.15, 0.2) is 0 Å². The Balaban J connectivity index is 1.42. The lowest BCUT2D eigenvalue weighted by Crippen LogP contribution is -2.38. The lowest BCUT2D eigenvalue weighted by atomic mass is 10.0. The standard InChI is InChI=1S/C21H24ClN3O/c22-19-14-18(8-9-20(19)24-11-4-1-5-12-24)23-21(26)25-13-10-16-6-2-3-7-17(16)15-25/h2-3,6-9,14H,1,4-5,10-13,15H2,(H,23,26). The SMILES string of the molecule is O=C(Nc1ccc(N2CCCCC2)c(Cl)c1)N1CCc2ccccc2C1. The highest BCUT2D eigenvalue weighted by Gasteiger charge is 2.21. The van der Waals surface area contributed by atoms with Crippen molar-refractivity contribution in [2.45, 2.75) is 32.2 Å². The number of hydrogen-bond donors (Lipinski definition) is 1. The molecule has 0 saturated carbocycles. The highest BCUT2D eigenvalue weighted by Crippen LogP contribution is 2.31. The first kappa shape index (κ1) is 17.2. The lowest BCUT2D eigenvalue weighted by molar-refractivity contribution is 0.206. The van der Waals surface area contributed by atoms with Crippen LogP contribution in [0.25, 0.3) is 0 Å². The van der Waals surface area contributed by atoms with Crippen LogP contribution in [0, 0.1) is 0 Å². The van der Waals surface area contributed by atoms with E-state index in [2.05, 4.69) is 28.4 Å². The predicted octanol–water partition coefficient (Wildman–Crippen LogP) is 4.92. The van der Waals surface area contributed by atoms with Gasteiger partial charge in [0.2, 0.25) is 0 Å². The number of carbonyl (C=O) groups is 1. The van der Waals surface area contributed by atoms with Gasteiger partial charge in [-0.3, -0.25) is 0 Å². The van der Waals surface area contributed by atoms with E-state index in [9.17, 15) is 4.79 Å². The normalized spacial score (nSPS) is 17.0. The molecule has 0 unspecified atom stereocenters. The molecule has 2 aliphatic rings. The van der Waals surface area contributed by atoms with Crippen LogP contribution in [0.2, 0.25) is 5.02 Å². The summed E-state index contributed by atoms with van der Waals surface area (Å²) in [7, 11) is 0. The van der Waals surface area contributed by atoms with E-state index in [0.717, 1.165) is 37.4 Å². The van der Waals surface area contributed by atoms with Gasteiger partial charge < -0.3 is 15.1 Å². The van der Waals surface area contributed by atoms with E-state index < -0.39 is 0 Å². The Morgan fingerprint density at radius 2 is 1.73 bits per heavy atom. The van der Waals surface area contributed by atoms with Crippen LogP contribution in [0.4, 0.5) is 16.2 Å². The summed E-state index contributed by atoms with van der Waals surface area (Å²) >= 11 is 6.49. The van der Waals surface area contributed by atoms with Crippen LogP contribution < -0.4 is 10.2 Å². The maximum Gasteiger partial charge on any atom is 0.322 e. The minimum atomic E-state index is -0.0682. The monoisotopic (exact) mass is 369 g/mol. The number of rotatable bonds is 2. The van der Waals surface area contributed by atoms with Gasteiger partial charge in [-0.1, -0.05) is 35.9 Å². The number of carbonyl (C=O) groups excluding carboxylic acids is 1. The van der Waals surface area contributed by atoms with Crippen LogP contribution in [0.3, 0.4) is 0 Å². The molecule has 4 nitrogen and oxygen atoms in total. The summed E-state index contributed by atoms with van der Waals surface area (Å²) in [5, 5.41) is 3.70. The van der Waals surface area contributed by atoms with E-state index in [1.165, 1.54) is 30.4 Å². The summed E-state index contributed by atoms with van der Waals surface area (Å²) in [6.45, 7) is 3.50. The molecule has 26 heavy (non-hydrogen) atoms. The molecular weight excluding hydrogens is 346 g/mol. The number of amides is 2. The molecule has 0 spiro atoms. The Morgan fingerprint density at radius 1 is 0.962 bits per heavy atom. The number of halogens is 1. The Bertz CT molecular complexity index is 802. The summed E-state index contributed by atoms with van der Waals surface area (Å²) in [5.41, 5.74) is 4.38. The van der Waals surface area contributed by atoms with Crippen LogP contribution in [0.15, 0.2) is 42.5 Å². The second kappa shape index (κ2) is 7.58. The van der Waals surface area contributed by atoms with Gasteiger partial charge in [-0.05, 0) is 55.0 Å². The quantitative estimate of drug-likeness (QED) is 0.815. The molecule has 136 valence electrons. The smallest absolute Gasteiger partial charge is 0.322 e. The molecule has 0 bridgehead atoms. The Labute approximate surface area is 159 Å². The number of benzene rings is 2. The van der Waals surface area contributed by atoms with Crippen molar-refractivity contribution in [3.63, 3.8) is 0 Å². The Kier molecular flexibility index (Phi) is 5.02. The molecule has 0 aromatic heterocycles. The first-order valence-electron chi connectivity index (χ1n) is 9.38. The average Bonchev–Trinajstić information content (AvgIpc) is 2.68. The van der Waals surface area contributed by atoms with Gasteiger partial charge in [0.1, 0.15) is 0 Å². The van der Waals surface area contributed by atoms with E-state index in [0.29, 0.717) is 11.6 Å². The third kappa shape index (κ3) is 3.65. The van der Waals surface area contributed by atoms with Crippen LogP contribution in [-0.4, -0.2) is 30.6 Å². The van der Waals surface area contributed by atoms with Crippen molar-refractivity contribution in [3.05, 3.63) is 58.6 Å². The topological polar surface area (TPSA) is 35.6 Å². The number of fused-ring (bicyclic) bond motifs is 1. The second-order valence-corrected chi connectivity index (χ2v) is 7.49. The van der Waals surface area contributed by atoms with Crippen LogP contribution >= 0.6 is 11.6 Å². The van der Waals surface area contributed by atoms with Gasteiger partial charge >= 0.3 is 6.03 Å². The van der Waals surface area contributed by atoms with Crippen molar-refractivity contribution >= 4 is 29.0 Å². The summed E-state index contributed by atoms with van der Waals surface area (Å²) < 4.78 is 0. The van der Waals surface area contributed by atoms with E-state index in [4.69, 9.17) is 11.6 Å². The molecular formula is C21H24ClN3O. The van der Waals surface area contributed by atoms with E-state index in [1.54, 1.807) is 0 Å². The minimum absolute atomic E-state index is 0.0682. The Hall–Kier alpha value is -2.20. The highest BCUT2D eigenvalue weighted by atomic mass is 35.5. The van der Waals surface area contributed by atoms with Gasteiger partial charge in [0, 0.05) is 31.9 Å². The molecule has 2 amide bonds. The number of anilines is 2. The van der Waals surface area contributed by atoms with Crippen LogP contribution in [0.1, 0.15) is 30.4 Å². The molecule has 1 N–H and O–H groups in total. The summed E-state index contributed by atoms with van der Waals surface area (Å²) in [5.74, 6) is 0. The number of piperidine rings is 1. The van der Waals surface area contributed by atoms with Gasteiger partial charge in [-0.25, -0.2) is 4.79 Å². The molecule has 2 heterocycles. The maximum atomic E-state index is 12.6. The van der Waals surface area contributed by atoms with Crippen molar-refractivity contribution in [2.24, 2.45) is 0 Å². The zero-order valence-electron chi connectivity index (χ0n) is 14.9. The van der Waals surface area contributed by atoms with Gasteiger partial charge in [-0.15, -0.1) is 0 Å². The first-order chi connectivity index (χ1) is 12.7. The molecule has 0 radical (unpaired) electrons. The first-order valence-corrected chi connectivity index (χ1v) is 9.76. The Morgan fingerprint density at radius 3 is 2.50 bits per heavy atom. The molecule has 1 fully saturated rings. The summed E-state index contributed by atoms with van der Waals surface area (Å²) in [6, 6.07) is 14.1. The number of nitrogens with one attached hydrogen (secondary N) is 1. The molecule has 2 aromatic carbocycles. The highest BCUT2D eigenvalue weighted by molar-refractivity contribution is 6.33. The fourth-order valence-electron chi connectivity index (χ4n) is 3.85. The van der Waals surface area contributed by atoms with E-state index in [-0.39, 0.29) is 6.03 Å². The molecule has 2 aliphatic heterocycles. The third-order valence-corrected chi connectivity index (χ3v) is 5.62. The van der Waals surface area contributed by atoms with Crippen molar-refractivity contribution in [2.75, 3.05) is 29.9 Å². The van der Waals surface area contributed by atoms with Gasteiger partial charge in [-0.2, -0.15) is 0 Å². The van der Waals surface area contributed by atoms with Gasteiger partial charge in [0.25, 0.3) is 0 Å². The molecule has 2 aromatic rings. The summed E-state index contributed by atoms with van der Waals surface area (Å²) in [6.07, 6.45) is 4.62. The van der Waals surface area contributed by atoms with Crippen LogP contribution in [-0.2, 0) is 13.0 Å². The van der Waals surface area contributed by atoms with Crippen molar-refractivity contribution in [1.29, 1.82) is 0 Å². The van der Waals surface area contributed by atoms with Crippen molar-refractivity contribution in [1.82, 2.24) is 4.90 Å². The molecule has 1 saturated heterocycles. The second-order valence-electron chi connectivity index (χ2n) is 7.08. The fourth-order valence-corrected chi connectivity index (χ4v) is 4.15. The minimum Gasteiger partial charge on any atom is -0.370 e. The largest absolute Gasteiger partial charge is 0.370 e. The average molecular weight is 370 g/mol. The summed E-state index contributed by atoms with van der Waals surface area (Å²) in [4.78, 5) is 16.8. The lowest BCUT2D eigenvalue weighted by Gasteiger charge is -2.30. The molecule has 5 heteroatoms. The number of nitrogens with zero attached hydrogens (tertiary/aromatic N) is 2. The van der Waals surface area contributed by atoms with E-state index in [1.807, 2.05) is 29.2 Å². The number of hydrogen-bond acceptors (Lipinski definition) is 2. The molecule has 0 aliphatic carbocycles. The zero-order valence-corrected chi connectivity index (χ0v) is 15.6. The maximum absolute atomic E-state index is 12.6. The van der Waals surface area contributed by atoms with E-state index >= 15 is 0 Å². The fraction of sp³-hybridized carbons (Fsp3) is 0.381. The van der Waals surface area contributed by atoms with Gasteiger partial charge in [0.05, 0.1) is 10.7 Å². The third-order valence-electron chi connectivity index (χ3n) is 5.31.